The van der Waals surface area contributed by atoms with Crippen molar-refractivity contribution in [3.63, 3.8) is 0 Å². The van der Waals surface area contributed by atoms with Crippen molar-refractivity contribution in [2.24, 2.45) is 5.92 Å². The van der Waals surface area contributed by atoms with Crippen molar-refractivity contribution in [1.82, 2.24) is 0 Å². The molecule has 0 aliphatic rings. The standard InChI is InChI=1S/C20H26NO3/c1-3-5-9-17(4-2)16-23-21-14-12-19(13-15-21)24-20(22)18-10-7-6-8-11-18/h6-8,10-15,17H,3-5,9,16H2,1-2H3/q+1. The van der Waals surface area contributed by atoms with Crippen LogP contribution in [0.2, 0.25) is 0 Å². The second-order valence-corrected chi connectivity index (χ2v) is 5.86. The van der Waals surface area contributed by atoms with E-state index >= 15 is 0 Å². The molecule has 0 saturated heterocycles. The zero-order valence-corrected chi connectivity index (χ0v) is 14.5. The summed E-state index contributed by atoms with van der Waals surface area (Å²) in [6.45, 7) is 5.10. The molecule has 0 bridgehead atoms. The topological polar surface area (TPSA) is 39.4 Å². The molecule has 1 unspecified atom stereocenters. The van der Waals surface area contributed by atoms with E-state index in [-0.39, 0.29) is 5.97 Å². The first-order valence-electron chi connectivity index (χ1n) is 8.64. The molecule has 0 fully saturated rings. The van der Waals surface area contributed by atoms with Crippen LogP contribution in [0.1, 0.15) is 49.9 Å². The van der Waals surface area contributed by atoms with Gasteiger partial charge in [-0.25, -0.2) is 4.79 Å². The number of aromatic nitrogens is 1. The fourth-order valence-corrected chi connectivity index (χ4v) is 2.38. The zero-order chi connectivity index (χ0) is 17.2. The first kappa shape index (κ1) is 18.0. The normalized spacial score (nSPS) is 11.8. The summed E-state index contributed by atoms with van der Waals surface area (Å²) in [5.41, 5.74) is 0.534. The molecule has 0 N–H and O–H groups in total. The lowest BCUT2D eigenvalue weighted by atomic mass is 10.0. The number of benzene rings is 1. The maximum atomic E-state index is 12.0. The molecule has 128 valence electrons. The van der Waals surface area contributed by atoms with Crippen LogP contribution >= 0.6 is 0 Å². The number of ether oxygens (including phenoxy) is 1. The van der Waals surface area contributed by atoms with Gasteiger partial charge in [-0.3, -0.25) is 4.84 Å². The molecule has 0 spiro atoms. The van der Waals surface area contributed by atoms with Gasteiger partial charge in [-0.15, -0.1) is 0 Å². The number of unbranched alkanes of at least 4 members (excludes halogenated alkanes) is 1. The van der Waals surface area contributed by atoms with Crippen LogP contribution in [0.25, 0.3) is 0 Å². The van der Waals surface area contributed by atoms with Crippen LogP contribution in [0, 0.1) is 5.92 Å². The molecule has 24 heavy (non-hydrogen) atoms. The Morgan fingerprint density at radius 2 is 1.79 bits per heavy atom. The molecule has 4 heteroatoms. The first-order valence-corrected chi connectivity index (χ1v) is 8.64. The van der Waals surface area contributed by atoms with Gasteiger partial charge in [-0.2, -0.15) is 0 Å². The molecule has 0 aliphatic heterocycles. The SMILES string of the molecule is CCCCC(CC)CO[n+]1ccc(OC(=O)c2ccccc2)cc1. The Labute approximate surface area is 144 Å². The summed E-state index contributed by atoms with van der Waals surface area (Å²) in [5.74, 6) is 0.717. The third-order valence-electron chi connectivity index (χ3n) is 3.99. The predicted octanol–water partition coefficient (Wildman–Crippen LogP) is 3.84. The molecule has 1 aromatic heterocycles. The van der Waals surface area contributed by atoms with Gasteiger partial charge in [0.15, 0.2) is 6.61 Å². The predicted molar refractivity (Wildman–Crippen MR) is 92.8 cm³/mol. The average molecular weight is 328 g/mol. The van der Waals surface area contributed by atoms with Crippen molar-refractivity contribution in [1.29, 1.82) is 0 Å². The minimum absolute atomic E-state index is 0.361. The second-order valence-electron chi connectivity index (χ2n) is 5.86. The third-order valence-corrected chi connectivity index (χ3v) is 3.99. The lowest BCUT2D eigenvalue weighted by Gasteiger charge is -2.11. The Bertz CT molecular complexity index is 611. The van der Waals surface area contributed by atoms with E-state index in [1.54, 1.807) is 41.4 Å². The van der Waals surface area contributed by atoms with Crippen LogP contribution in [-0.4, -0.2) is 12.6 Å². The Hall–Kier alpha value is -2.36. The highest BCUT2D eigenvalue weighted by Gasteiger charge is 2.12. The molecule has 0 radical (unpaired) electrons. The summed E-state index contributed by atoms with van der Waals surface area (Å²) >= 11 is 0. The molecule has 0 amide bonds. The van der Waals surface area contributed by atoms with Gasteiger partial charge in [0.2, 0.25) is 12.4 Å². The Balaban J connectivity index is 1.85. The van der Waals surface area contributed by atoms with Crippen molar-refractivity contribution in [2.75, 3.05) is 6.61 Å². The highest BCUT2D eigenvalue weighted by atomic mass is 16.7. The molecule has 1 aromatic carbocycles. The van der Waals surface area contributed by atoms with E-state index in [1.807, 2.05) is 18.2 Å². The quantitative estimate of drug-likeness (QED) is 0.519. The van der Waals surface area contributed by atoms with Crippen LogP contribution in [0.4, 0.5) is 0 Å². The van der Waals surface area contributed by atoms with Crippen molar-refractivity contribution < 1.29 is 19.1 Å². The van der Waals surface area contributed by atoms with Gasteiger partial charge in [0.05, 0.1) is 17.7 Å². The van der Waals surface area contributed by atoms with E-state index in [1.165, 1.54) is 19.3 Å². The fraction of sp³-hybridized carbons (Fsp3) is 0.400. The number of pyridine rings is 1. The maximum Gasteiger partial charge on any atom is 0.343 e. The molecule has 4 nitrogen and oxygen atoms in total. The van der Waals surface area contributed by atoms with Gasteiger partial charge >= 0.3 is 5.97 Å². The molecule has 1 atom stereocenters. The molecule has 0 aliphatic carbocycles. The number of esters is 1. The van der Waals surface area contributed by atoms with Gasteiger partial charge in [0, 0.05) is 4.73 Å². The van der Waals surface area contributed by atoms with Gasteiger partial charge in [-0.1, -0.05) is 44.9 Å². The molecule has 2 rings (SSSR count). The summed E-state index contributed by atoms with van der Waals surface area (Å²) in [6, 6.07) is 12.4. The van der Waals surface area contributed by atoms with E-state index in [2.05, 4.69) is 13.8 Å². The molecular formula is C20H26NO3+. The van der Waals surface area contributed by atoms with Crippen LogP contribution in [0.15, 0.2) is 54.9 Å². The minimum Gasteiger partial charge on any atom is -0.422 e. The molecule has 2 aromatic rings. The summed E-state index contributed by atoms with van der Waals surface area (Å²) in [5, 5.41) is 0. The summed E-state index contributed by atoms with van der Waals surface area (Å²) in [6.07, 6.45) is 8.29. The van der Waals surface area contributed by atoms with Crippen LogP contribution in [0.5, 0.6) is 5.75 Å². The minimum atomic E-state index is -0.361. The van der Waals surface area contributed by atoms with Gasteiger partial charge < -0.3 is 4.74 Å². The number of nitrogens with zero attached hydrogens (tertiary/aromatic N) is 1. The smallest absolute Gasteiger partial charge is 0.343 e. The monoisotopic (exact) mass is 328 g/mol. The van der Waals surface area contributed by atoms with E-state index in [0.29, 0.717) is 23.8 Å². The van der Waals surface area contributed by atoms with Gasteiger partial charge in [-0.05, 0) is 30.9 Å². The van der Waals surface area contributed by atoms with E-state index in [0.717, 1.165) is 6.42 Å². The number of rotatable bonds is 9. The summed E-state index contributed by atoms with van der Waals surface area (Å²) in [4.78, 5) is 17.8. The number of hydrogen-bond acceptors (Lipinski definition) is 3. The van der Waals surface area contributed by atoms with Crippen molar-refractivity contribution in [3.05, 3.63) is 60.4 Å². The largest absolute Gasteiger partial charge is 0.422 e. The van der Waals surface area contributed by atoms with Crippen LogP contribution in [0.3, 0.4) is 0 Å². The highest BCUT2D eigenvalue weighted by molar-refractivity contribution is 5.90. The molecule has 0 saturated carbocycles. The Kier molecular flexibility index (Phi) is 7.27. The maximum absolute atomic E-state index is 12.0. The van der Waals surface area contributed by atoms with Gasteiger partial charge in [0.1, 0.15) is 5.75 Å². The fourth-order valence-electron chi connectivity index (χ4n) is 2.38. The number of carbonyl (C=O) groups excluding carboxylic acids is 1. The Morgan fingerprint density at radius 1 is 1.08 bits per heavy atom. The van der Waals surface area contributed by atoms with Crippen LogP contribution < -0.4 is 14.3 Å². The zero-order valence-electron chi connectivity index (χ0n) is 14.5. The van der Waals surface area contributed by atoms with E-state index < -0.39 is 0 Å². The lowest BCUT2D eigenvalue weighted by molar-refractivity contribution is -0.892. The number of hydrogen-bond donors (Lipinski definition) is 0. The van der Waals surface area contributed by atoms with Crippen molar-refractivity contribution in [3.8, 4) is 5.75 Å². The molecule has 1 heterocycles. The second kappa shape index (κ2) is 9.71. The van der Waals surface area contributed by atoms with Crippen molar-refractivity contribution in [2.45, 2.75) is 39.5 Å². The molecular weight excluding hydrogens is 302 g/mol. The first-order chi connectivity index (χ1) is 11.7. The summed E-state index contributed by atoms with van der Waals surface area (Å²) in [7, 11) is 0. The lowest BCUT2D eigenvalue weighted by Crippen LogP contribution is -2.43. The van der Waals surface area contributed by atoms with Crippen LogP contribution in [-0.2, 0) is 0 Å². The average Bonchev–Trinajstić information content (AvgIpc) is 2.64. The highest BCUT2D eigenvalue weighted by Crippen LogP contribution is 2.12. The Morgan fingerprint density at radius 3 is 2.42 bits per heavy atom. The third kappa shape index (κ3) is 5.69. The van der Waals surface area contributed by atoms with Crippen molar-refractivity contribution >= 4 is 5.97 Å². The van der Waals surface area contributed by atoms with E-state index in [9.17, 15) is 4.79 Å². The van der Waals surface area contributed by atoms with Gasteiger partial charge in [0.25, 0.3) is 0 Å². The van der Waals surface area contributed by atoms with E-state index in [4.69, 9.17) is 9.57 Å². The number of carbonyl (C=O) groups is 1. The summed E-state index contributed by atoms with van der Waals surface area (Å²) < 4.78 is 7.01.